The van der Waals surface area contributed by atoms with E-state index >= 15 is 0 Å². The molecule has 0 aliphatic carbocycles. The molecule has 6 rings (SSSR count). The Balaban J connectivity index is 1.32. The van der Waals surface area contributed by atoms with Crippen LogP contribution in [0.1, 0.15) is 17.0 Å². The number of ether oxygens (including phenoxy) is 2. The molecule has 4 heterocycles. The van der Waals surface area contributed by atoms with Crippen LogP contribution >= 0.6 is 22.7 Å². The molecule has 0 aliphatic heterocycles. The maximum absolute atomic E-state index is 13.3. The van der Waals surface area contributed by atoms with Gasteiger partial charge in [-0.3, -0.25) is 4.79 Å². The lowest BCUT2D eigenvalue weighted by atomic mass is 10.2. The first-order chi connectivity index (χ1) is 19.6. The third-order valence-electron chi connectivity index (χ3n) is 5.97. The Morgan fingerprint density at radius 2 is 1.90 bits per heavy atom. The molecule has 0 radical (unpaired) electrons. The maximum Gasteiger partial charge on any atom is 0.291 e. The third-order valence-corrected chi connectivity index (χ3v) is 7.81. The summed E-state index contributed by atoms with van der Waals surface area (Å²) < 4.78 is 14.7. The van der Waals surface area contributed by atoms with E-state index in [1.807, 2.05) is 89.1 Å². The predicted octanol–water partition coefficient (Wildman–Crippen LogP) is 5.36. The molecule has 0 saturated heterocycles. The summed E-state index contributed by atoms with van der Waals surface area (Å²) >= 11 is 2.90. The first kappa shape index (κ1) is 25.5. The van der Waals surface area contributed by atoms with Crippen LogP contribution in [0.15, 0.2) is 89.7 Å². The maximum atomic E-state index is 13.3. The number of aromatic nitrogens is 5. The summed E-state index contributed by atoms with van der Waals surface area (Å²) in [7, 11) is 1.59. The molecule has 40 heavy (non-hydrogen) atoms. The van der Waals surface area contributed by atoms with E-state index in [1.165, 1.54) is 15.9 Å². The number of fused-ring (bicyclic) bond motifs is 1. The lowest BCUT2D eigenvalue weighted by molar-refractivity contribution is 0.326. The summed E-state index contributed by atoms with van der Waals surface area (Å²) in [4.78, 5) is 19.4. The van der Waals surface area contributed by atoms with Gasteiger partial charge in [-0.15, -0.1) is 16.4 Å². The van der Waals surface area contributed by atoms with Crippen LogP contribution in [0.2, 0.25) is 0 Å². The van der Waals surface area contributed by atoms with Gasteiger partial charge in [0.15, 0.2) is 17.3 Å². The molecular weight excluding hydrogens is 542 g/mol. The lowest BCUT2D eigenvalue weighted by Crippen LogP contribution is -2.23. The molecule has 0 bridgehead atoms. The summed E-state index contributed by atoms with van der Waals surface area (Å²) in [6.45, 7) is 4.06. The molecule has 0 spiro atoms. The second kappa shape index (κ2) is 11.1. The van der Waals surface area contributed by atoms with Gasteiger partial charge in [-0.25, -0.2) is 4.68 Å². The van der Waals surface area contributed by atoms with Crippen molar-refractivity contribution in [1.82, 2.24) is 24.4 Å². The molecule has 0 N–H and O–H groups in total. The standard InChI is InChI=1S/C30H23N5O3S2/c1-3-15-38-23-13-11-20(17-24(23)37-2)12-14-27-31-30-35(32-27)29(36)26(40-30)18-21-19-34(22-8-5-4-6-9-22)33-28(21)25-10-7-16-39-25/h3-14,16-19H,1,15H2,2H3/b14-12+,26-18-. The predicted molar refractivity (Wildman–Crippen MR) is 160 cm³/mol. The van der Waals surface area contributed by atoms with Gasteiger partial charge in [0.05, 0.1) is 22.2 Å². The quantitative estimate of drug-likeness (QED) is 0.220. The first-order valence-corrected chi connectivity index (χ1v) is 14.0. The average molecular weight is 566 g/mol. The minimum atomic E-state index is -0.220. The number of thiazole rings is 1. The molecule has 0 amide bonds. The number of hydrogen-bond acceptors (Lipinski definition) is 8. The van der Waals surface area contributed by atoms with E-state index in [0.717, 1.165) is 27.4 Å². The SMILES string of the molecule is C=CCOc1ccc(/C=C/c2nc3s/c(=C\c4cn(-c5ccccc5)nc4-c4cccs4)c(=O)n3n2)cc1OC. The minimum Gasteiger partial charge on any atom is -0.493 e. The molecule has 0 unspecified atom stereocenters. The Labute approximate surface area is 237 Å². The molecule has 2 aromatic carbocycles. The summed E-state index contributed by atoms with van der Waals surface area (Å²) in [5.41, 5.74) is 3.27. The number of nitrogens with zero attached hydrogens (tertiary/aromatic N) is 5. The Hall–Kier alpha value is -4.80. The molecular formula is C30H23N5O3S2. The van der Waals surface area contributed by atoms with Crippen molar-refractivity contribution in [2.45, 2.75) is 0 Å². The van der Waals surface area contributed by atoms with Gasteiger partial charge in [-0.1, -0.05) is 60.4 Å². The normalized spacial score (nSPS) is 12.0. The lowest BCUT2D eigenvalue weighted by Gasteiger charge is -2.09. The molecule has 10 heteroatoms. The average Bonchev–Trinajstić information content (AvgIpc) is 3.78. The van der Waals surface area contributed by atoms with E-state index in [4.69, 9.17) is 14.6 Å². The zero-order chi connectivity index (χ0) is 27.5. The topological polar surface area (TPSA) is 83.5 Å². The van der Waals surface area contributed by atoms with Crippen molar-refractivity contribution in [1.29, 1.82) is 0 Å². The van der Waals surface area contributed by atoms with Crippen LogP contribution in [0.4, 0.5) is 0 Å². The van der Waals surface area contributed by atoms with Gasteiger partial charge in [0.25, 0.3) is 5.56 Å². The zero-order valence-corrected chi connectivity index (χ0v) is 23.1. The van der Waals surface area contributed by atoms with Crippen molar-refractivity contribution in [3.8, 4) is 27.8 Å². The first-order valence-electron chi connectivity index (χ1n) is 12.3. The van der Waals surface area contributed by atoms with Crippen molar-refractivity contribution in [3.63, 3.8) is 0 Å². The van der Waals surface area contributed by atoms with Crippen LogP contribution in [0, 0.1) is 0 Å². The molecule has 0 aliphatic rings. The molecule has 4 aromatic heterocycles. The van der Waals surface area contributed by atoms with E-state index in [0.29, 0.717) is 33.4 Å². The fourth-order valence-corrected chi connectivity index (χ4v) is 5.73. The van der Waals surface area contributed by atoms with Gasteiger partial charge in [-0.05, 0) is 53.4 Å². The Morgan fingerprint density at radius 1 is 1.02 bits per heavy atom. The number of rotatable bonds is 9. The van der Waals surface area contributed by atoms with Crippen LogP contribution in [0.25, 0.3) is 39.4 Å². The second-order valence-corrected chi connectivity index (χ2v) is 10.6. The van der Waals surface area contributed by atoms with Crippen LogP contribution in [0.5, 0.6) is 11.5 Å². The van der Waals surface area contributed by atoms with Crippen molar-refractivity contribution in [3.05, 3.63) is 117 Å². The summed E-state index contributed by atoms with van der Waals surface area (Å²) in [5.74, 6) is 1.69. The minimum absolute atomic E-state index is 0.220. The van der Waals surface area contributed by atoms with Gasteiger partial charge < -0.3 is 9.47 Å². The smallest absolute Gasteiger partial charge is 0.291 e. The summed E-state index contributed by atoms with van der Waals surface area (Å²) in [6, 6.07) is 19.5. The fourth-order valence-electron chi connectivity index (χ4n) is 4.10. The Kier molecular flexibility index (Phi) is 7.09. The van der Waals surface area contributed by atoms with Crippen LogP contribution in [-0.2, 0) is 0 Å². The number of para-hydroxylation sites is 1. The highest BCUT2D eigenvalue weighted by molar-refractivity contribution is 7.15. The van der Waals surface area contributed by atoms with Crippen LogP contribution < -0.4 is 19.6 Å². The molecule has 0 atom stereocenters. The van der Waals surface area contributed by atoms with E-state index in [-0.39, 0.29) is 5.56 Å². The number of methoxy groups -OCH3 is 1. The van der Waals surface area contributed by atoms with Gasteiger partial charge in [0.1, 0.15) is 12.3 Å². The van der Waals surface area contributed by atoms with Crippen molar-refractivity contribution in [2.75, 3.05) is 13.7 Å². The summed E-state index contributed by atoms with van der Waals surface area (Å²) in [5, 5.41) is 11.3. The number of thiophene rings is 1. The van der Waals surface area contributed by atoms with Crippen molar-refractivity contribution >= 4 is 45.9 Å². The van der Waals surface area contributed by atoms with Crippen LogP contribution in [-0.4, -0.2) is 38.1 Å². The van der Waals surface area contributed by atoms with Gasteiger partial charge in [0.2, 0.25) is 4.96 Å². The summed E-state index contributed by atoms with van der Waals surface area (Å²) in [6.07, 6.45) is 9.11. The molecule has 8 nitrogen and oxygen atoms in total. The highest BCUT2D eigenvalue weighted by atomic mass is 32.1. The fraction of sp³-hybridized carbons (Fsp3) is 0.0667. The highest BCUT2D eigenvalue weighted by Crippen LogP contribution is 2.29. The monoisotopic (exact) mass is 565 g/mol. The third kappa shape index (κ3) is 5.09. The molecule has 6 aromatic rings. The van der Waals surface area contributed by atoms with E-state index in [1.54, 1.807) is 30.6 Å². The number of benzene rings is 2. The Morgan fingerprint density at radius 3 is 2.65 bits per heavy atom. The largest absolute Gasteiger partial charge is 0.493 e. The van der Waals surface area contributed by atoms with E-state index in [9.17, 15) is 4.79 Å². The molecule has 0 fully saturated rings. The van der Waals surface area contributed by atoms with Gasteiger partial charge >= 0.3 is 0 Å². The molecule has 0 saturated carbocycles. The van der Waals surface area contributed by atoms with Crippen LogP contribution in [0.3, 0.4) is 0 Å². The zero-order valence-electron chi connectivity index (χ0n) is 21.4. The van der Waals surface area contributed by atoms with E-state index < -0.39 is 0 Å². The van der Waals surface area contributed by atoms with Crippen molar-refractivity contribution in [2.24, 2.45) is 0 Å². The Bertz CT molecular complexity index is 1940. The van der Waals surface area contributed by atoms with Crippen molar-refractivity contribution < 1.29 is 9.47 Å². The van der Waals surface area contributed by atoms with E-state index in [2.05, 4.69) is 16.7 Å². The number of hydrogen-bond donors (Lipinski definition) is 0. The van der Waals surface area contributed by atoms with Gasteiger partial charge in [-0.2, -0.15) is 14.6 Å². The highest BCUT2D eigenvalue weighted by Gasteiger charge is 2.14. The van der Waals surface area contributed by atoms with Gasteiger partial charge in [0, 0.05) is 11.8 Å². The molecule has 198 valence electrons. The second-order valence-electron chi connectivity index (χ2n) is 8.61.